The molecular weight excluding hydrogens is 172 g/mol. The minimum atomic E-state index is 0.349. The van der Waals surface area contributed by atoms with Crippen LogP contribution in [0.4, 0.5) is 0 Å². The van der Waals surface area contributed by atoms with Crippen LogP contribution in [-0.2, 0) is 0 Å². The molecule has 0 saturated heterocycles. The lowest BCUT2D eigenvalue weighted by Crippen LogP contribution is -2.47. The number of nitrogens with one attached hydrogen (secondary N) is 1. The molecule has 1 saturated carbocycles. The van der Waals surface area contributed by atoms with E-state index in [4.69, 9.17) is 5.73 Å². The Kier molecular flexibility index (Phi) is 3.96. The summed E-state index contributed by atoms with van der Waals surface area (Å²) in [5.74, 6) is 0. The van der Waals surface area contributed by atoms with Crippen molar-refractivity contribution in [3.8, 4) is 0 Å². The Bertz CT molecular complexity index is 172. The van der Waals surface area contributed by atoms with Crippen molar-refractivity contribution in [1.82, 2.24) is 5.32 Å². The Hall–Kier alpha value is -0.0800. The molecule has 0 heterocycles. The molecule has 0 amide bonds. The molecule has 1 fully saturated rings. The van der Waals surface area contributed by atoms with Gasteiger partial charge in [0, 0.05) is 18.1 Å². The van der Waals surface area contributed by atoms with Gasteiger partial charge in [0.2, 0.25) is 0 Å². The van der Waals surface area contributed by atoms with Gasteiger partial charge in [-0.2, -0.15) is 0 Å². The number of nitrogens with two attached hydrogens (primary N) is 1. The highest BCUT2D eigenvalue weighted by Gasteiger charge is 2.25. The first-order valence-electron chi connectivity index (χ1n) is 5.91. The van der Waals surface area contributed by atoms with E-state index in [9.17, 15) is 0 Å². The van der Waals surface area contributed by atoms with Gasteiger partial charge in [0.05, 0.1) is 0 Å². The molecule has 1 aliphatic carbocycles. The summed E-state index contributed by atoms with van der Waals surface area (Å²) >= 11 is 0. The fraction of sp³-hybridized carbons (Fsp3) is 1.00. The van der Waals surface area contributed by atoms with Gasteiger partial charge < -0.3 is 11.1 Å². The normalized spacial score (nSPS) is 31.5. The van der Waals surface area contributed by atoms with Crippen LogP contribution in [0.5, 0.6) is 0 Å². The van der Waals surface area contributed by atoms with E-state index < -0.39 is 0 Å². The van der Waals surface area contributed by atoms with Crippen LogP contribution in [0.25, 0.3) is 0 Å². The largest absolute Gasteiger partial charge is 0.328 e. The average molecular weight is 198 g/mol. The van der Waals surface area contributed by atoms with E-state index in [-0.39, 0.29) is 0 Å². The quantitative estimate of drug-likeness (QED) is 0.714. The van der Waals surface area contributed by atoms with Crippen molar-refractivity contribution >= 4 is 0 Å². The van der Waals surface area contributed by atoms with E-state index in [0.717, 1.165) is 6.42 Å². The summed E-state index contributed by atoms with van der Waals surface area (Å²) < 4.78 is 0. The Morgan fingerprint density at radius 1 is 1.29 bits per heavy atom. The lowest BCUT2D eigenvalue weighted by atomic mass is 9.85. The van der Waals surface area contributed by atoms with E-state index in [0.29, 0.717) is 23.5 Å². The molecule has 0 aromatic carbocycles. The van der Waals surface area contributed by atoms with E-state index in [1.54, 1.807) is 0 Å². The van der Waals surface area contributed by atoms with Gasteiger partial charge in [-0.1, -0.05) is 27.2 Å². The van der Waals surface area contributed by atoms with Crippen LogP contribution in [0.1, 0.15) is 53.4 Å². The summed E-state index contributed by atoms with van der Waals surface area (Å²) in [5.41, 5.74) is 6.32. The van der Waals surface area contributed by atoms with Crippen LogP contribution in [0.15, 0.2) is 0 Å². The molecule has 3 unspecified atom stereocenters. The van der Waals surface area contributed by atoms with Crippen LogP contribution >= 0.6 is 0 Å². The molecule has 0 aromatic rings. The highest BCUT2D eigenvalue weighted by Crippen LogP contribution is 2.23. The van der Waals surface area contributed by atoms with Crippen molar-refractivity contribution in [3.63, 3.8) is 0 Å². The SMILES string of the molecule is CC(NC1CCCC(N)C1)C(C)(C)C. The van der Waals surface area contributed by atoms with Gasteiger partial charge in [-0.3, -0.25) is 0 Å². The summed E-state index contributed by atoms with van der Waals surface area (Å²) in [7, 11) is 0. The monoisotopic (exact) mass is 198 g/mol. The fourth-order valence-corrected chi connectivity index (χ4v) is 1.98. The summed E-state index contributed by atoms with van der Waals surface area (Å²) in [4.78, 5) is 0. The van der Waals surface area contributed by atoms with E-state index >= 15 is 0 Å². The Balaban J connectivity index is 2.36. The van der Waals surface area contributed by atoms with Crippen LogP contribution in [0.3, 0.4) is 0 Å². The maximum atomic E-state index is 5.97. The van der Waals surface area contributed by atoms with Gasteiger partial charge >= 0.3 is 0 Å². The lowest BCUT2D eigenvalue weighted by Gasteiger charge is -2.35. The summed E-state index contributed by atoms with van der Waals surface area (Å²) in [6.07, 6.45) is 4.95. The fourth-order valence-electron chi connectivity index (χ4n) is 1.98. The molecule has 0 spiro atoms. The maximum Gasteiger partial charge on any atom is 0.00898 e. The molecule has 2 nitrogen and oxygen atoms in total. The maximum absolute atomic E-state index is 5.97. The topological polar surface area (TPSA) is 38.0 Å². The Morgan fingerprint density at radius 3 is 2.43 bits per heavy atom. The van der Waals surface area contributed by atoms with E-state index in [2.05, 4.69) is 33.0 Å². The predicted octanol–water partition coefficient (Wildman–Crippen LogP) is 2.28. The molecule has 0 radical (unpaired) electrons. The second-order valence-corrected chi connectivity index (χ2v) is 5.88. The van der Waals surface area contributed by atoms with Crippen LogP contribution < -0.4 is 11.1 Å². The molecule has 0 aromatic heterocycles. The minimum absolute atomic E-state index is 0.349. The van der Waals surface area contributed by atoms with Crippen LogP contribution in [0, 0.1) is 5.41 Å². The van der Waals surface area contributed by atoms with E-state index in [1.165, 1.54) is 19.3 Å². The highest BCUT2D eigenvalue weighted by atomic mass is 15.0. The molecule has 0 bridgehead atoms. The highest BCUT2D eigenvalue weighted by molar-refractivity contribution is 4.85. The second kappa shape index (κ2) is 4.63. The Morgan fingerprint density at radius 2 is 1.93 bits per heavy atom. The standard InChI is InChI=1S/C12H26N2/c1-9(12(2,3)4)14-11-7-5-6-10(13)8-11/h9-11,14H,5-8,13H2,1-4H3. The predicted molar refractivity (Wildman–Crippen MR) is 62.3 cm³/mol. The lowest BCUT2D eigenvalue weighted by molar-refractivity contribution is 0.230. The number of hydrogen-bond donors (Lipinski definition) is 2. The molecular formula is C12H26N2. The molecule has 1 rings (SSSR count). The number of rotatable bonds is 2. The van der Waals surface area contributed by atoms with Crippen LogP contribution in [0.2, 0.25) is 0 Å². The molecule has 14 heavy (non-hydrogen) atoms. The second-order valence-electron chi connectivity index (χ2n) is 5.88. The van der Waals surface area contributed by atoms with Gasteiger partial charge in [-0.05, 0) is 31.6 Å². The van der Waals surface area contributed by atoms with Gasteiger partial charge in [0.15, 0.2) is 0 Å². The average Bonchev–Trinajstić information content (AvgIpc) is 2.02. The Labute approximate surface area is 88.6 Å². The summed E-state index contributed by atoms with van der Waals surface area (Å²) in [5, 5.41) is 3.71. The molecule has 0 aliphatic heterocycles. The van der Waals surface area contributed by atoms with Gasteiger partial charge in [-0.15, -0.1) is 0 Å². The van der Waals surface area contributed by atoms with Gasteiger partial charge in [-0.25, -0.2) is 0 Å². The van der Waals surface area contributed by atoms with Crippen molar-refractivity contribution in [2.24, 2.45) is 11.1 Å². The third kappa shape index (κ3) is 3.58. The first kappa shape index (κ1) is 12.0. The third-order valence-electron chi connectivity index (χ3n) is 3.50. The zero-order chi connectivity index (χ0) is 10.8. The molecule has 3 N–H and O–H groups in total. The van der Waals surface area contributed by atoms with Crippen molar-refractivity contribution in [1.29, 1.82) is 0 Å². The van der Waals surface area contributed by atoms with Crippen molar-refractivity contribution in [3.05, 3.63) is 0 Å². The van der Waals surface area contributed by atoms with E-state index in [1.807, 2.05) is 0 Å². The van der Waals surface area contributed by atoms with Gasteiger partial charge in [0.25, 0.3) is 0 Å². The summed E-state index contributed by atoms with van der Waals surface area (Å²) in [6, 6.07) is 1.64. The first-order valence-corrected chi connectivity index (χ1v) is 5.91. The smallest absolute Gasteiger partial charge is 0.00898 e. The third-order valence-corrected chi connectivity index (χ3v) is 3.50. The van der Waals surface area contributed by atoms with Gasteiger partial charge in [0.1, 0.15) is 0 Å². The van der Waals surface area contributed by atoms with Crippen molar-refractivity contribution in [2.75, 3.05) is 0 Å². The zero-order valence-corrected chi connectivity index (χ0v) is 10.1. The minimum Gasteiger partial charge on any atom is -0.328 e. The van der Waals surface area contributed by atoms with Crippen molar-refractivity contribution in [2.45, 2.75) is 71.5 Å². The number of hydrogen-bond acceptors (Lipinski definition) is 2. The molecule has 3 atom stereocenters. The molecule has 2 heteroatoms. The molecule has 84 valence electrons. The van der Waals surface area contributed by atoms with Crippen LogP contribution in [-0.4, -0.2) is 18.1 Å². The molecule has 1 aliphatic rings. The van der Waals surface area contributed by atoms with Crippen molar-refractivity contribution < 1.29 is 0 Å². The summed E-state index contributed by atoms with van der Waals surface area (Å²) in [6.45, 7) is 9.13. The first-order chi connectivity index (χ1) is 6.39. The zero-order valence-electron chi connectivity index (χ0n) is 10.1.